The van der Waals surface area contributed by atoms with E-state index in [1.165, 1.54) is 4.31 Å². The van der Waals surface area contributed by atoms with Crippen molar-refractivity contribution in [3.8, 4) is 0 Å². The van der Waals surface area contributed by atoms with Crippen molar-refractivity contribution in [2.45, 2.75) is 44.5 Å². The van der Waals surface area contributed by atoms with Gasteiger partial charge in [-0.05, 0) is 26.7 Å². The third-order valence-corrected chi connectivity index (χ3v) is 5.30. The largest absolute Gasteiger partial charge is 0.481 e. The molecule has 0 spiro atoms. The second-order valence-electron chi connectivity index (χ2n) is 4.71. The van der Waals surface area contributed by atoms with Gasteiger partial charge >= 0.3 is 5.97 Å². The molecule has 7 heteroatoms. The molecule has 0 aromatic heterocycles. The predicted octanol–water partition coefficient (Wildman–Crippen LogP) is 0.680. The molecule has 0 aliphatic carbocycles. The fourth-order valence-corrected chi connectivity index (χ4v) is 3.18. The zero-order valence-electron chi connectivity index (χ0n) is 10.8. The normalized spacial score (nSPS) is 19.3. The molecule has 1 fully saturated rings. The Morgan fingerprint density at radius 3 is 2.39 bits per heavy atom. The monoisotopic (exact) mass is 279 g/mol. The molecule has 18 heavy (non-hydrogen) atoms. The smallest absolute Gasteiger partial charge is 0.305 e. The summed E-state index contributed by atoms with van der Waals surface area (Å²) in [7, 11) is -3.17. The standard InChI is InChI=1S/C11H21NO5S/c1-9(2)18(15,16)12-6-3-10(4-7-12)17-8-5-11(13)14/h9-10H,3-8H2,1-2H3,(H,13,14). The van der Waals surface area contributed by atoms with Crippen LogP contribution in [0, 0.1) is 0 Å². The topological polar surface area (TPSA) is 83.9 Å². The molecule has 1 heterocycles. The van der Waals surface area contributed by atoms with Crippen LogP contribution in [0.1, 0.15) is 33.1 Å². The fourth-order valence-electron chi connectivity index (χ4n) is 1.86. The Morgan fingerprint density at radius 1 is 1.39 bits per heavy atom. The van der Waals surface area contributed by atoms with E-state index in [-0.39, 0.29) is 19.1 Å². The molecule has 0 radical (unpaired) electrons. The van der Waals surface area contributed by atoms with Gasteiger partial charge < -0.3 is 9.84 Å². The molecule has 1 aliphatic heterocycles. The molecule has 106 valence electrons. The van der Waals surface area contributed by atoms with Gasteiger partial charge in [-0.15, -0.1) is 0 Å². The van der Waals surface area contributed by atoms with Gasteiger partial charge in [-0.1, -0.05) is 0 Å². The zero-order chi connectivity index (χ0) is 13.8. The molecule has 0 unspecified atom stereocenters. The van der Waals surface area contributed by atoms with Crippen LogP contribution in [-0.2, 0) is 19.6 Å². The van der Waals surface area contributed by atoms with Gasteiger partial charge in [0.05, 0.1) is 24.4 Å². The first-order valence-electron chi connectivity index (χ1n) is 6.16. The lowest BCUT2D eigenvalue weighted by Gasteiger charge is -2.32. The molecule has 0 bridgehead atoms. The minimum atomic E-state index is -3.17. The van der Waals surface area contributed by atoms with Crippen LogP contribution in [0.3, 0.4) is 0 Å². The van der Waals surface area contributed by atoms with Gasteiger partial charge in [-0.2, -0.15) is 0 Å². The Labute approximate surface area is 108 Å². The Morgan fingerprint density at radius 2 is 1.94 bits per heavy atom. The minimum absolute atomic E-state index is 0.00942. The summed E-state index contributed by atoms with van der Waals surface area (Å²) in [4.78, 5) is 10.3. The summed E-state index contributed by atoms with van der Waals surface area (Å²) in [5.74, 6) is -0.880. The van der Waals surface area contributed by atoms with E-state index in [2.05, 4.69) is 0 Å². The van der Waals surface area contributed by atoms with E-state index >= 15 is 0 Å². The Bertz CT molecular complexity index is 371. The summed E-state index contributed by atoms with van der Waals surface area (Å²) in [5.41, 5.74) is 0. The number of aliphatic carboxylic acids is 1. The van der Waals surface area contributed by atoms with Gasteiger partial charge in [0.15, 0.2) is 0 Å². The van der Waals surface area contributed by atoms with Crippen LogP contribution in [0.2, 0.25) is 0 Å². The maximum absolute atomic E-state index is 11.9. The van der Waals surface area contributed by atoms with E-state index in [0.717, 1.165) is 0 Å². The number of hydrogen-bond acceptors (Lipinski definition) is 4. The average molecular weight is 279 g/mol. The average Bonchev–Trinajstić information content (AvgIpc) is 2.29. The number of nitrogens with zero attached hydrogens (tertiary/aromatic N) is 1. The molecule has 0 aromatic rings. The predicted molar refractivity (Wildman–Crippen MR) is 66.9 cm³/mol. The maximum Gasteiger partial charge on any atom is 0.305 e. The molecule has 6 nitrogen and oxygen atoms in total. The molecule has 1 rings (SSSR count). The molecule has 1 saturated heterocycles. The van der Waals surface area contributed by atoms with Crippen molar-refractivity contribution in [1.82, 2.24) is 4.31 Å². The van der Waals surface area contributed by atoms with Gasteiger partial charge in [-0.25, -0.2) is 12.7 Å². The maximum atomic E-state index is 11.9. The highest BCUT2D eigenvalue weighted by atomic mass is 32.2. The van der Waals surface area contributed by atoms with E-state index in [1.807, 2.05) is 0 Å². The number of carboxylic acids is 1. The highest BCUT2D eigenvalue weighted by molar-refractivity contribution is 7.89. The van der Waals surface area contributed by atoms with Gasteiger partial charge in [-0.3, -0.25) is 4.79 Å². The van der Waals surface area contributed by atoms with E-state index in [0.29, 0.717) is 25.9 Å². The second kappa shape index (κ2) is 6.49. The summed E-state index contributed by atoms with van der Waals surface area (Å²) in [6, 6.07) is 0. The lowest BCUT2D eigenvalue weighted by molar-refractivity contribution is -0.138. The number of carboxylic acid groups (broad SMARTS) is 1. The van der Waals surface area contributed by atoms with Crippen LogP contribution in [0.5, 0.6) is 0 Å². The first-order chi connectivity index (χ1) is 8.34. The van der Waals surface area contributed by atoms with E-state index < -0.39 is 21.2 Å². The molecule has 0 saturated carbocycles. The van der Waals surface area contributed by atoms with Crippen LogP contribution in [0.15, 0.2) is 0 Å². The molecule has 1 N–H and O–H groups in total. The zero-order valence-corrected chi connectivity index (χ0v) is 11.6. The fraction of sp³-hybridized carbons (Fsp3) is 0.909. The summed E-state index contributed by atoms with van der Waals surface area (Å²) in [6.45, 7) is 4.45. The van der Waals surface area contributed by atoms with Crippen LogP contribution in [0.4, 0.5) is 0 Å². The molecular formula is C11H21NO5S. The van der Waals surface area contributed by atoms with Crippen LogP contribution >= 0.6 is 0 Å². The second-order valence-corrected chi connectivity index (χ2v) is 7.20. The van der Waals surface area contributed by atoms with Gasteiger partial charge in [0, 0.05) is 13.1 Å². The number of sulfonamides is 1. The van der Waals surface area contributed by atoms with Crippen LogP contribution in [0.25, 0.3) is 0 Å². The van der Waals surface area contributed by atoms with Crippen molar-refractivity contribution >= 4 is 16.0 Å². The van der Waals surface area contributed by atoms with Crippen molar-refractivity contribution < 1.29 is 23.1 Å². The Hall–Kier alpha value is -0.660. The van der Waals surface area contributed by atoms with Crippen LogP contribution in [-0.4, -0.2) is 54.8 Å². The SMILES string of the molecule is CC(C)S(=O)(=O)N1CCC(OCCC(=O)O)CC1. The first kappa shape index (κ1) is 15.4. The highest BCUT2D eigenvalue weighted by Crippen LogP contribution is 2.19. The third-order valence-electron chi connectivity index (χ3n) is 3.03. The van der Waals surface area contributed by atoms with Crippen molar-refractivity contribution in [2.24, 2.45) is 0 Å². The van der Waals surface area contributed by atoms with E-state index in [4.69, 9.17) is 9.84 Å². The minimum Gasteiger partial charge on any atom is -0.481 e. The van der Waals surface area contributed by atoms with Crippen LogP contribution < -0.4 is 0 Å². The molecule has 0 aromatic carbocycles. The van der Waals surface area contributed by atoms with Crippen molar-refractivity contribution in [1.29, 1.82) is 0 Å². The summed E-state index contributed by atoms with van der Waals surface area (Å²) in [6.07, 6.45) is 1.23. The number of carbonyl (C=O) groups is 1. The summed E-state index contributed by atoms with van der Waals surface area (Å²) >= 11 is 0. The molecule has 1 aliphatic rings. The number of rotatable bonds is 6. The Kier molecular flexibility index (Phi) is 5.55. The number of piperidine rings is 1. The van der Waals surface area contributed by atoms with Gasteiger partial charge in [0.1, 0.15) is 0 Å². The quantitative estimate of drug-likeness (QED) is 0.773. The van der Waals surface area contributed by atoms with Gasteiger partial charge in [0.2, 0.25) is 10.0 Å². The third kappa shape index (κ3) is 4.22. The summed E-state index contributed by atoms with van der Waals surface area (Å²) < 4.78 is 30.7. The lowest BCUT2D eigenvalue weighted by atomic mass is 10.1. The number of ether oxygens (including phenoxy) is 1. The molecule has 0 atom stereocenters. The van der Waals surface area contributed by atoms with E-state index in [1.54, 1.807) is 13.8 Å². The Balaban J connectivity index is 2.35. The lowest BCUT2D eigenvalue weighted by Crippen LogP contribution is -2.43. The summed E-state index contributed by atoms with van der Waals surface area (Å²) in [5, 5.41) is 8.08. The van der Waals surface area contributed by atoms with E-state index in [9.17, 15) is 13.2 Å². The highest BCUT2D eigenvalue weighted by Gasteiger charge is 2.30. The van der Waals surface area contributed by atoms with Crippen molar-refractivity contribution in [2.75, 3.05) is 19.7 Å². The molecule has 0 amide bonds. The van der Waals surface area contributed by atoms with Gasteiger partial charge in [0.25, 0.3) is 0 Å². The molecular weight excluding hydrogens is 258 g/mol. The van der Waals surface area contributed by atoms with Crippen molar-refractivity contribution in [3.05, 3.63) is 0 Å². The first-order valence-corrected chi connectivity index (χ1v) is 7.66. The number of hydrogen-bond donors (Lipinski definition) is 1. The van der Waals surface area contributed by atoms with Crippen molar-refractivity contribution in [3.63, 3.8) is 0 Å².